The molecule has 98 valence electrons. The van der Waals surface area contributed by atoms with Crippen LogP contribution in [0, 0.1) is 11.8 Å². The van der Waals surface area contributed by atoms with Crippen LogP contribution in [0.5, 0.6) is 0 Å². The maximum atomic E-state index is 13.3. The fourth-order valence-corrected chi connectivity index (χ4v) is 1.26. The van der Waals surface area contributed by atoms with Crippen molar-refractivity contribution in [3.63, 3.8) is 0 Å². The van der Waals surface area contributed by atoms with E-state index in [0.717, 1.165) is 12.3 Å². The van der Waals surface area contributed by atoms with Crippen LogP contribution < -0.4 is 10.6 Å². The fourth-order valence-electron chi connectivity index (χ4n) is 1.26. The van der Waals surface area contributed by atoms with E-state index >= 15 is 0 Å². The molecule has 0 aliphatic rings. The zero-order valence-electron chi connectivity index (χ0n) is 9.96. The zero-order valence-corrected chi connectivity index (χ0v) is 9.96. The minimum atomic E-state index is -1.35. The number of likely N-dealkylation sites (N-methyl/N-ethyl adjacent to an activating group) is 1. The van der Waals surface area contributed by atoms with Crippen molar-refractivity contribution in [1.82, 2.24) is 15.6 Å². The van der Waals surface area contributed by atoms with Crippen LogP contribution in [0.15, 0.2) is 12.3 Å². The summed E-state index contributed by atoms with van der Waals surface area (Å²) in [5.41, 5.74) is -0.487. The Morgan fingerprint density at radius 1 is 1.44 bits per heavy atom. The number of hydrogen-bond donors (Lipinski definition) is 2. The number of halogens is 2. The molecule has 0 aromatic carbocycles. The Labute approximate surface area is 103 Å². The van der Waals surface area contributed by atoms with Crippen molar-refractivity contribution < 1.29 is 18.4 Å². The van der Waals surface area contributed by atoms with Crippen LogP contribution in [0.3, 0.4) is 0 Å². The van der Waals surface area contributed by atoms with Crippen molar-refractivity contribution >= 4 is 11.8 Å². The lowest BCUT2D eigenvalue weighted by Crippen LogP contribution is -2.45. The minimum Gasteiger partial charge on any atom is -0.355 e. The molecule has 0 aliphatic carbocycles. The number of pyridine rings is 1. The molecule has 1 rings (SSSR count). The van der Waals surface area contributed by atoms with Crippen molar-refractivity contribution in [2.24, 2.45) is 0 Å². The average molecular weight is 257 g/mol. The van der Waals surface area contributed by atoms with Crippen molar-refractivity contribution in [2.75, 3.05) is 6.54 Å². The number of nitrogens with zero attached hydrogens (tertiary/aromatic N) is 1. The van der Waals surface area contributed by atoms with E-state index in [1.54, 1.807) is 6.92 Å². The van der Waals surface area contributed by atoms with Crippen molar-refractivity contribution in [1.29, 1.82) is 0 Å². The van der Waals surface area contributed by atoms with Crippen LogP contribution in [0.2, 0.25) is 0 Å². The maximum absolute atomic E-state index is 13.3. The monoisotopic (exact) mass is 257 g/mol. The lowest BCUT2D eigenvalue weighted by atomic mass is 10.2. The van der Waals surface area contributed by atoms with E-state index in [2.05, 4.69) is 15.6 Å². The van der Waals surface area contributed by atoms with E-state index in [9.17, 15) is 18.4 Å². The van der Waals surface area contributed by atoms with E-state index < -0.39 is 35.2 Å². The molecule has 1 aromatic rings. The Morgan fingerprint density at radius 3 is 2.72 bits per heavy atom. The first-order chi connectivity index (χ1) is 8.47. The molecule has 5 nitrogen and oxygen atoms in total. The molecule has 1 aromatic heterocycles. The lowest BCUT2D eigenvalue weighted by Gasteiger charge is -2.13. The third-order valence-electron chi connectivity index (χ3n) is 2.18. The highest BCUT2D eigenvalue weighted by Crippen LogP contribution is 2.08. The molecule has 1 unspecified atom stereocenters. The van der Waals surface area contributed by atoms with Gasteiger partial charge in [-0.1, -0.05) is 0 Å². The van der Waals surface area contributed by atoms with Crippen LogP contribution in [0.25, 0.3) is 0 Å². The molecule has 2 amide bonds. The van der Waals surface area contributed by atoms with Crippen LogP contribution in [0.4, 0.5) is 8.78 Å². The molecule has 0 saturated carbocycles. The number of amides is 2. The number of carbonyl (C=O) groups is 2. The predicted molar refractivity (Wildman–Crippen MR) is 59.8 cm³/mol. The van der Waals surface area contributed by atoms with Crippen LogP contribution in [-0.4, -0.2) is 29.4 Å². The summed E-state index contributed by atoms with van der Waals surface area (Å²) in [6, 6.07) is 0.200. The molecule has 0 saturated heterocycles. The van der Waals surface area contributed by atoms with Gasteiger partial charge in [0.25, 0.3) is 5.91 Å². The molecular formula is C11H13F2N3O2. The molecule has 0 aliphatic heterocycles. The van der Waals surface area contributed by atoms with Crippen LogP contribution in [-0.2, 0) is 4.79 Å². The van der Waals surface area contributed by atoms with Gasteiger partial charge in [-0.05, 0) is 19.9 Å². The van der Waals surface area contributed by atoms with Crippen molar-refractivity contribution in [3.8, 4) is 0 Å². The van der Waals surface area contributed by atoms with E-state index in [0.29, 0.717) is 6.54 Å². The van der Waals surface area contributed by atoms with Gasteiger partial charge in [0.2, 0.25) is 11.9 Å². The molecule has 7 heteroatoms. The summed E-state index contributed by atoms with van der Waals surface area (Å²) in [7, 11) is 0. The Balaban J connectivity index is 2.77. The third kappa shape index (κ3) is 3.22. The summed E-state index contributed by atoms with van der Waals surface area (Å²) in [4.78, 5) is 26.0. The third-order valence-corrected chi connectivity index (χ3v) is 2.18. The largest absolute Gasteiger partial charge is 0.355 e. The van der Waals surface area contributed by atoms with Gasteiger partial charge in [-0.2, -0.15) is 4.39 Å². The van der Waals surface area contributed by atoms with Gasteiger partial charge >= 0.3 is 0 Å². The van der Waals surface area contributed by atoms with Crippen molar-refractivity contribution in [2.45, 2.75) is 19.9 Å². The highest BCUT2D eigenvalue weighted by molar-refractivity contribution is 5.97. The number of aromatic nitrogens is 1. The second-order valence-corrected chi connectivity index (χ2v) is 3.55. The summed E-state index contributed by atoms with van der Waals surface area (Å²) in [6.07, 6.45) is 0.976. The van der Waals surface area contributed by atoms with Gasteiger partial charge in [-0.3, -0.25) is 9.59 Å². The molecule has 1 atom stereocenters. The minimum absolute atomic E-state index is 0.402. The standard InChI is InChI=1S/C11H13F2N3O2/c1-3-14-10(17)6(2)16-11(18)7-4-5-15-9(13)8(7)12/h4-6H,3H2,1-2H3,(H,14,17)(H,16,18). The second-order valence-electron chi connectivity index (χ2n) is 3.55. The molecule has 0 bridgehead atoms. The first-order valence-electron chi connectivity index (χ1n) is 5.36. The summed E-state index contributed by atoms with van der Waals surface area (Å²) in [5, 5.41) is 4.76. The zero-order chi connectivity index (χ0) is 13.7. The number of hydrogen-bond acceptors (Lipinski definition) is 3. The molecule has 2 N–H and O–H groups in total. The number of carbonyl (C=O) groups excluding carboxylic acids is 2. The van der Waals surface area contributed by atoms with Crippen molar-refractivity contribution in [3.05, 3.63) is 29.6 Å². The SMILES string of the molecule is CCNC(=O)C(C)NC(=O)c1ccnc(F)c1F. The first kappa shape index (κ1) is 14.0. The molecule has 18 heavy (non-hydrogen) atoms. The van der Waals surface area contributed by atoms with Crippen LogP contribution in [0.1, 0.15) is 24.2 Å². The summed E-state index contributed by atoms with van der Waals surface area (Å²) >= 11 is 0. The molecule has 0 fully saturated rings. The highest BCUT2D eigenvalue weighted by Gasteiger charge is 2.20. The lowest BCUT2D eigenvalue weighted by molar-refractivity contribution is -0.122. The smallest absolute Gasteiger partial charge is 0.255 e. The van der Waals surface area contributed by atoms with Gasteiger partial charge in [0, 0.05) is 12.7 Å². The van der Waals surface area contributed by atoms with Gasteiger partial charge in [0.1, 0.15) is 6.04 Å². The van der Waals surface area contributed by atoms with Crippen LogP contribution >= 0.6 is 0 Å². The molecule has 0 radical (unpaired) electrons. The average Bonchev–Trinajstić information content (AvgIpc) is 2.32. The molecule has 1 heterocycles. The Morgan fingerprint density at radius 2 is 2.11 bits per heavy atom. The van der Waals surface area contributed by atoms with Gasteiger partial charge in [0.05, 0.1) is 5.56 Å². The van der Waals surface area contributed by atoms with E-state index in [4.69, 9.17) is 0 Å². The van der Waals surface area contributed by atoms with E-state index in [1.807, 2.05) is 0 Å². The Bertz CT molecular complexity index is 466. The number of rotatable bonds is 4. The predicted octanol–water partition coefficient (Wildman–Crippen LogP) is 0.614. The van der Waals surface area contributed by atoms with E-state index in [1.165, 1.54) is 6.92 Å². The van der Waals surface area contributed by atoms with Gasteiger partial charge in [-0.25, -0.2) is 9.37 Å². The summed E-state index contributed by atoms with van der Waals surface area (Å²) in [5.74, 6) is -3.96. The normalized spacial score (nSPS) is 11.8. The van der Waals surface area contributed by atoms with E-state index in [-0.39, 0.29) is 0 Å². The quantitative estimate of drug-likeness (QED) is 0.776. The van der Waals surface area contributed by atoms with Gasteiger partial charge < -0.3 is 10.6 Å². The fraction of sp³-hybridized carbons (Fsp3) is 0.364. The summed E-state index contributed by atoms with van der Waals surface area (Å²) < 4.78 is 26.1. The molecular weight excluding hydrogens is 244 g/mol. The first-order valence-corrected chi connectivity index (χ1v) is 5.36. The Kier molecular flexibility index (Phi) is 4.70. The second kappa shape index (κ2) is 6.04. The molecule has 0 spiro atoms. The topological polar surface area (TPSA) is 71.1 Å². The van der Waals surface area contributed by atoms with Gasteiger partial charge in [0.15, 0.2) is 5.82 Å². The Hall–Kier alpha value is -2.05. The highest BCUT2D eigenvalue weighted by atomic mass is 19.2. The number of nitrogens with one attached hydrogen (secondary N) is 2. The maximum Gasteiger partial charge on any atom is 0.255 e. The van der Waals surface area contributed by atoms with Gasteiger partial charge in [-0.15, -0.1) is 0 Å². The summed E-state index contributed by atoms with van der Waals surface area (Å²) in [6.45, 7) is 3.58.